The van der Waals surface area contributed by atoms with Crippen LogP contribution in [0.4, 0.5) is 0 Å². The fraction of sp³-hybridized carbons (Fsp3) is 0.667. The highest BCUT2D eigenvalue weighted by Gasteiger charge is 2.20. The molecule has 2 rings (SSSR count). The number of nitrogens with zero attached hydrogens (tertiary/aromatic N) is 1. The zero-order valence-electron chi connectivity index (χ0n) is 7.25. The average Bonchev–Trinajstić information content (AvgIpc) is 2.75. The standard InChI is InChI=1S/C9H13NS2/c1-2-7-6-10-9(12-7)8-4-3-5-11-8/h6,8H,2-5H2,1H3. The van der Waals surface area contributed by atoms with Crippen molar-refractivity contribution in [1.29, 1.82) is 0 Å². The van der Waals surface area contributed by atoms with Gasteiger partial charge in [0.15, 0.2) is 0 Å². The lowest BCUT2D eigenvalue weighted by molar-refractivity contribution is 0.823. The molecular weight excluding hydrogens is 186 g/mol. The number of rotatable bonds is 2. The Morgan fingerprint density at radius 2 is 2.58 bits per heavy atom. The number of thioether (sulfide) groups is 1. The minimum Gasteiger partial charge on any atom is -0.248 e. The molecule has 1 aromatic heterocycles. The summed E-state index contributed by atoms with van der Waals surface area (Å²) in [6.45, 7) is 2.19. The van der Waals surface area contributed by atoms with Crippen LogP contribution in [-0.4, -0.2) is 10.7 Å². The van der Waals surface area contributed by atoms with E-state index >= 15 is 0 Å². The Morgan fingerprint density at radius 3 is 3.17 bits per heavy atom. The molecule has 1 unspecified atom stereocenters. The molecule has 0 saturated carbocycles. The molecular formula is C9H13NS2. The summed E-state index contributed by atoms with van der Waals surface area (Å²) in [5, 5.41) is 2.07. The maximum absolute atomic E-state index is 4.47. The summed E-state index contributed by atoms with van der Waals surface area (Å²) in [5.74, 6) is 1.33. The van der Waals surface area contributed by atoms with Gasteiger partial charge in [-0.05, 0) is 25.0 Å². The number of hydrogen-bond donors (Lipinski definition) is 0. The van der Waals surface area contributed by atoms with Crippen molar-refractivity contribution in [2.24, 2.45) is 0 Å². The molecule has 1 fully saturated rings. The molecule has 0 aromatic carbocycles. The minimum absolute atomic E-state index is 0.718. The first-order valence-electron chi connectivity index (χ1n) is 4.46. The number of thiazole rings is 1. The molecule has 0 amide bonds. The first-order valence-corrected chi connectivity index (χ1v) is 6.33. The third-order valence-corrected chi connectivity index (χ3v) is 4.92. The first kappa shape index (κ1) is 8.57. The van der Waals surface area contributed by atoms with E-state index in [0.717, 1.165) is 11.7 Å². The van der Waals surface area contributed by atoms with Crippen molar-refractivity contribution in [3.05, 3.63) is 16.1 Å². The van der Waals surface area contributed by atoms with Crippen molar-refractivity contribution in [3.63, 3.8) is 0 Å². The van der Waals surface area contributed by atoms with Crippen molar-refractivity contribution >= 4 is 23.1 Å². The third-order valence-electron chi connectivity index (χ3n) is 2.13. The zero-order valence-corrected chi connectivity index (χ0v) is 8.88. The van der Waals surface area contributed by atoms with Crippen molar-refractivity contribution in [3.8, 4) is 0 Å². The summed E-state index contributed by atoms with van der Waals surface area (Å²) in [6.07, 6.45) is 5.88. The molecule has 1 aliphatic heterocycles. The van der Waals surface area contributed by atoms with Gasteiger partial charge in [0.05, 0.1) is 5.25 Å². The molecule has 0 N–H and O–H groups in total. The van der Waals surface area contributed by atoms with Gasteiger partial charge >= 0.3 is 0 Å². The molecule has 66 valence electrons. The van der Waals surface area contributed by atoms with Crippen LogP contribution < -0.4 is 0 Å². The van der Waals surface area contributed by atoms with Gasteiger partial charge in [-0.3, -0.25) is 0 Å². The Morgan fingerprint density at radius 1 is 1.67 bits per heavy atom. The Hall–Kier alpha value is -0.0200. The van der Waals surface area contributed by atoms with Crippen molar-refractivity contribution in [1.82, 2.24) is 4.98 Å². The predicted octanol–water partition coefficient (Wildman–Crippen LogP) is 3.27. The summed E-state index contributed by atoms with van der Waals surface area (Å²) in [5.41, 5.74) is 0. The molecule has 1 atom stereocenters. The Labute approximate surface area is 81.6 Å². The molecule has 0 spiro atoms. The average molecular weight is 199 g/mol. The van der Waals surface area contributed by atoms with E-state index in [1.54, 1.807) is 0 Å². The summed E-state index contributed by atoms with van der Waals surface area (Å²) in [7, 11) is 0. The van der Waals surface area contributed by atoms with Crippen LogP contribution in [0.25, 0.3) is 0 Å². The number of aromatic nitrogens is 1. The lowest BCUT2D eigenvalue weighted by atomic mass is 10.3. The van der Waals surface area contributed by atoms with E-state index in [1.165, 1.54) is 28.5 Å². The van der Waals surface area contributed by atoms with E-state index in [-0.39, 0.29) is 0 Å². The molecule has 1 aliphatic rings. The Bertz CT molecular complexity index is 251. The van der Waals surface area contributed by atoms with Gasteiger partial charge in [-0.15, -0.1) is 11.3 Å². The summed E-state index contributed by atoms with van der Waals surface area (Å²) >= 11 is 3.97. The van der Waals surface area contributed by atoms with Crippen molar-refractivity contribution < 1.29 is 0 Å². The maximum Gasteiger partial charge on any atom is 0.106 e. The van der Waals surface area contributed by atoms with Gasteiger partial charge < -0.3 is 0 Å². The highest BCUT2D eigenvalue weighted by Crippen LogP contribution is 2.41. The molecule has 1 aromatic rings. The number of hydrogen-bond acceptors (Lipinski definition) is 3. The van der Waals surface area contributed by atoms with Crippen LogP contribution in [0.5, 0.6) is 0 Å². The van der Waals surface area contributed by atoms with Gasteiger partial charge in [0.25, 0.3) is 0 Å². The summed E-state index contributed by atoms with van der Waals surface area (Å²) < 4.78 is 0. The molecule has 3 heteroatoms. The SMILES string of the molecule is CCc1cnc(C2CCCS2)s1. The van der Waals surface area contributed by atoms with Gasteiger partial charge in [-0.1, -0.05) is 6.92 Å². The van der Waals surface area contributed by atoms with Gasteiger partial charge in [0.2, 0.25) is 0 Å². The van der Waals surface area contributed by atoms with E-state index in [1.807, 2.05) is 17.5 Å². The van der Waals surface area contributed by atoms with Crippen LogP contribution in [0, 0.1) is 0 Å². The van der Waals surface area contributed by atoms with Crippen LogP contribution in [0.1, 0.15) is 34.9 Å². The van der Waals surface area contributed by atoms with Gasteiger partial charge in [-0.25, -0.2) is 4.98 Å². The summed E-state index contributed by atoms with van der Waals surface area (Å²) in [4.78, 5) is 5.89. The van der Waals surface area contributed by atoms with Crippen LogP contribution in [0.2, 0.25) is 0 Å². The van der Waals surface area contributed by atoms with Crippen LogP contribution in [0.3, 0.4) is 0 Å². The topological polar surface area (TPSA) is 12.9 Å². The van der Waals surface area contributed by atoms with Crippen molar-refractivity contribution in [2.45, 2.75) is 31.4 Å². The van der Waals surface area contributed by atoms with E-state index in [2.05, 4.69) is 23.7 Å². The normalized spacial score (nSPS) is 23.2. The van der Waals surface area contributed by atoms with Crippen molar-refractivity contribution in [2.75, 3.05) is 5.75 Å². The largest absolute Gasteiger partial charge is 0.248 e. The van der Waals surface area contributed by atoms with E-state index in [0.29, 0.717) is 0 Å². The second-order valence-electron chi connectivity index (χ2n) is 3.02. The van der Waals surface area contributed by atoms with Crippen LogP contribution >= 0.6 is 23.1 Å². The van der Waals surface area contributed by atoms with E-state index in [9.17, 15) is 0 Å². The molecule has 0 bridgehead atoms. The smallest absolute Gasteiger partial charge is 0.106 e. The highest BCUT2D eigenvalue weighted by atomic mass is 32.2. The monoisotopic (exact) mass is 199 g/mol. The lowest BCUT2D eigenvalue weighted by Crippen LogP contribution is -1.84. The maximum atomic E-state index is 4.47. The highest BCUT2D eigenvalue weighted by molar-refractivity contribution is 7.99. The fourth-order valence-electron chi connectivity index (χ4n) is 1.41. The zero-order chi connectivity index (χ0) is 8.39. The second-order valence-corrected chi connectivity index (χ2v) is 5.48. The van der Waals surface area contributed by atoms with Gasteiger partial charge in [0, 0.05) is 11.1 Å². The lowest BCUT2D eigenvalue weighted by Gasteiger charge is -2.01. The molecule has 1 nitrogen and oxygen atoms in total. The minimum atomic E-state index is 0.718. The molecule has 1 saturated heterocycles. The molecule has 12 heavy (non-hydrogen) atoms. The van der Waals surface area contributed by atoms with E-state index < -0.39 is 0 Å². The molecule has 0 aliphatic carbocycles. The van der Waals surface area contributed by atoms with Gasteiger partial charge in [-0.2, -0.15) is 11.8 Å². The predicted molar refractivity (Wildman–Crippen MR) is 55.9 cm³/mol. The quantitative estimate of drug-likeness (QED) is 0.725. The fourth-order valence-corrected chi connectivity index (χ4v) is 3.78. The molecule has 2 heterocycles. The Kier molecular flexibility index (Phi) is 2.71. The Balaban J connectivity index is 2.11. The van der Waals surface area contributed by atoms with Crippen LogP contribution in [-0.2, 0) is 6.42 Å². The van der Waals surface area contributed by atoms with Crippen LogP contribution in [0.15, 0.2) is 6.20 Å². The third kappa shape index (κ3) is 1.67. The van der Waals surface area contributed by atoms with Gasteiger partial charge in [0.1, 0.15) is 5.01 Å². The molecule has 0 radical (unpaired) electrons. The van der Waals surface area contributed by atoms with E-state index in [4.69, 9.17) is 0 Å². The summed E-state index contributed by atoms with van der Waals surface area (Å²) in [6, 6.07) is 0. The second kappa shape index (κ2) is 3.79. The first-order chi connectivity index (χ1) is 5.90. The number of aryl methyl sites for hydroxylation is 1.